The number of likely N-dealkylation sites (tertiary alicyclic amines) is 1. The van der Waals surface area contributed by atoms with Gasteiger partial charge in [0, 0.05) is 48.4 Å². The van der Waals surface area contributed by atoms with Crippen LogP contribution >= 0.6 is 11.3 Å². The quantitative estimate of drug-likeness (QED) is 0.868. The van der Waals surface area contributed by atoms with Gasteiger partial charge in [0.1, 0.15) is 5.82 Å². The lowest BCUT2D eigenvalue weighted by Crippen LogP contribution is -2.39. The van der Waals surface area contributed by atoms with Crippen LogP contribution in [0, 0.1) is 6.92 Å². The molecule has 23 heavy (non-hydrogen) atoms. The van der Waals surface area contributed by atoms with Crippen LogP contribution in [0.2, 0.25) is 0 Å². The van der Waals surface area contributed by atoms with Crippen molar-refractivity contribution in [3.8, 4) is 0 Å². The highest BCUT2D eigenvalue weighted by Crippen LogP contribution is 2.37. The molecule has 4 rings (SSSR count). The fraction of sp³-hybridized carbons (Fsp3) is 0.529. The highest BCUT2D eigenvalue weighted by atomic mass is 32.1. The number of hydrogen-bond acceptors (Lipinski definition) is 5. The van der Waals surface area contributed by atoms with Crippen LogP contribution in [-0.2, 0) is 0 Å². The molecule has 2 aliphatic rings. The van der Waals surface area contributed by atoms with Crippen molar-refractivity contribution in [2.24, 2.45) is 0 Å². The topological polar surface area (TPSA) is 59.0 Å². The molecule has 1 aliphatic heterocycles. The van der Waals surface area contributed by atoms with Gasteiger partial charge in [-0.15, -0.1) is 11.3 Å². The first-order valence-electron chi connectivity index (χ1n) is 8.24. The van der Waals surface area contributed by atoms with Gasteiger partial charge in [0.05, 0.1) is 10.6 Å². The number of rotatable bonds is 3. The lowest BCUT2D eigenvalue weighted by molar-refractivity contribution is 0.0706. The predicted octanol–water partition coefficient (Wildman–Crippen LogP) is 3.14. The molecule has 2 fully saturated rings. The zero-order chi connectivity index (χ0) is 15.8. The van der Waals surface area contributed by atoms with Crippen molar-refractivity contribution in [2.75, 3.05) is 13.1 Å². The number of carbonyl (C=O) groups excluding carboxylic acids is 1. The Morgan fingerprint density at radius 3 is 2.57 bits per heavy atom. The summed E-state index contributed by atoms with van der Waals surface area (Å²) in [5, 5.41) is 1.15. The average Bonchev–Trinajstić information content (AvgIpc) is 3.36. The second-order valence-corrected chi connectivity index (χ2v) is 7.77. The Bertz CT molecular complexity index is 708. The van der Waals surface area contributed by atoms with Crippen molar-refractivity contribution in [3.63, 3.8) is 0 Å². The van der Waals surface area contributed by atoms with E-state index in [1.165, 1.54) is 17.7 Å². The van der Waals surface area contributed by atoms with E-state index in [9.17, 15) is 4.79 Å². The lowest BCUT2D eigenvalue weighted by Gasteiger charge is -2.31. The summed E-state index contributed by atoms with van der Waals surface area (Å²) in [6, 6.07) is 0. The first-order valence-corrected chi connectivity index (χ1v) is 9.06. The lowest BCUT2D eigenvalue weighted by atomic mass is 9.98. The van der Waals surface area contributed by atoms with E-state index in [0.29, 0.717) is 17.4 Å². The van der Waals surface area contributed by atoms with Gasteiger partial charge in [0.25, 0.3) is 5.91 Å². The van der Waals surface area contributed by atoms with Crippen molar-refractivity contribution in [2.45, 2.75) is 44.4 Å². The smallest absolute Gasteiger partial charge is 0.257 e. The van der Waals surface area contributed by atoms with Crippen molar-refractivity contribution in [3.05, 3.63) is 39.9 Å². The molecule has 0 spiro atoms. The number of thiazole rings is 1. The molecule has 0 radical (unpaired) electrons. The highest BCUT2D eigenvalue weighted by Gasteiger charge is 2.29. The number of aromatic nitrogens is 3. The molecule has 1 atom stereocenters. The molecule has 1 saturated carbocycles. The summed E-state index contributed by atoms with van der Waals surface area (Å²) in [5.41, 5.74) is 0.602. The summed E-state index contributed by atoms with van der Waals surface area (Å²) in [4.78, 5) is 29.1. The summed E-state index contributed by atoms with van der Waals surface area (Å²) in [7, 11) is 0. The number of aryl methyl sites for hydroxylation is 1. The fourth-order valence-electron chi connectivity index (χ4n) is 3.11. The molecule has 1 saturated heterocycles. The molecular formula is C17H20N4OS. The minimum Gasteiger partial charge on any atom is -0.338 e. The highest BCUT2D eigenvalue weighted by molar-refractivity contribution is 7.11. The largest absolute Gasteiger partial charge is 0.338 e. The van der Waals surface area contributed by atoms with Gasteiger partial charge < -0.3 is 4.90 Å². The van der Waals surface area contributed by atoms with Crippen molar-refractivity contribution >= 4 is 17.2 Å². The monoisotopic (exact) mass is 328 g/mol. The zero-order valence-corrected chi connectivity index (χ0v) is 14.1. The number of piperidine rings is 1. The Hall–Kier alpha value is -1.82. The average molecular weight is 328 g/mol. The molecule has 1 unspecified atom stereocenters. The Labute approximate surface area is 139 Å². The first kappa shape index (κ1) is 14.8. The van der Waals surface area contributed by atoms with Gasteiger partial charge >= 0.3 is 0 Å². The Morgan fingerprint density at radius 1 is 1.13 bits per heavy atom. The van der Waals surface area contributed by atoms with Crippen LogP contribution in [0.15, 0.2) is 18.6 Å². The van der Waals surface area contributed by atoms with Crippen LogP contribution in [0.3, 0.4) is 0 Å². The predicted molar refractivity (Wildman–Crippen MR) is 88.7 cm³/mol. The van der Waals surface area contributed by atoms with Gasteiger partial charge in [0.2, 0.25) is 0 Å². The van der Waals surface area contributed by atoms with Crippen LogP contribution in [-0.4, -0.2) is 38.8 Å². The SMILES string of the molecule is Cc1cnc(C2CCCN(C(=O)c3cnc(C4CC4)nc3)C2)s1. The minimum absolute atomic E-state index is 0.0466. The molecule has 0 bridgehead atoms. The molecule has 3 heterocycles. The minimum atomic E-state index is 0.0466. The number of hydrogen-bond donors (Lipinski definition) is 0. The normalized spacial score (nSPS) is 21.4. The van der Waals surface area contributed by atoms with Gasteiger partial charge in [0.15, 0.2) is 0 Å². The summed E-state index contributed by atoms with van der Waals surface area (Å²) in [6.45, 7) is 3.63. The molecule has 0 aromatic carbocycles. The molecule has 6 heteroatoms. The number of carbonyl (C=O) groups is 1. The molecule has 5 nitrogen and oxygen atoms in total. The maximum absolute atomic E-state index is 12.7. The van der Waals surface area contributed by atoms with Crippen LogP contribution < -0.4 is 0 Å². The van der Waals surface area contributed by atoms with Crippen LogP contribution in [0.25, 0.3) is 0 Å². The van der Waals surface area contributed by atoms with Gasteiger partial charge in [-0.25, -0.2) is 15.0 Å². The van der Waals surface area contributed by atoms with E-state index in [1.807, 2.05) is 11.1 Å². The molecule has 120 valence electrons. The van der Waals surface area contributed by atoms with E-state index in [4.69, 9.17) is 0 Å². The third-order valence-electron chi connectivity index (χ3n) is 4.56. The maximum Gasteiger partial charge on any atom is 0.257 e. The number of nitrogens with zero attached hydrogens (tertiary/aromatic N) is 4. The van der Waals surface area contributed by atoms with Gasteiger partial charge in [-0.1, -0.05) is 0 Å². The Balaban J connectivity index is 1.46. The van der Waals surface area contributed by atoms with E-state index >= 15 is 0 Å². The molecule has 2 aromatic heterocycles. The Morgan fingerprint density at radius 2 is 1.91 bits per heavy atom. The standard InChI is InChI=1S/C17H20N4OS/c1-11-7-20-16(23-11)13-3-2-6-21(10-13)17(22)14-8-18-15(19-9-14)12-4-5-12/h7-9,12-13H,2-6,10H2,1H3. The van der Waals surface area contributed by atoms with E-state index in [0.717, 1.165) is 36.8 Å². The summed E-state index contributed by atoms with van der Waals surface area (Å²) >= 11 is 1.74. The molecule has 1 aliphatic carbocycles. The maximum atomic E-state index is 12.7. The first-order chi connectivity index (χ1) is 11.2. The second kappa shape index (κ2) is 6.00. The van der Waals surface area contributed by atoms with E-state index in [-0.39, 0.29) is 5.91 Å². The van der Waals surface area contributed by atoms with Crippen LogP contribution in [0.1, 0.15) is 63.6 Å². The Kier molecular flexibility index (Phi) is 3.85. The van der Waals surface area contributed by atoms with Gasteiger partial charge in [-0.2, -0.15) is 0 Å². The van der Waals surface area contributed by atoms with Crippen LogP contribution in [0.4, 0.5) is 0 Å². The fourth-order valence-corrected chi connectivity index (χ4v) is 4.01. The van der Waals surface area contributed by atoms with E-state index in [2.05, 4.69) is 21.9 Å². The summed E-state index contributed by atoms with van der Waals surface area (Å²) < 4.78 is 0. The van der Waals surface area contributed by atoms with Crippen molar-refractivity contribution in [1.29, 1.82) is 0 Å². The van der Waals surface area contributed by atoms with Crippen molar-refractivity contribution in [1.82, 2.24) is 19.9 Å². The van der Waals surface area contributed by atoms with Crippen molar-refractivity contribution < 1.29 is 4.79 Å². The van der Waals surface area contributed by atoms with Gasteiger partial charge in [-0.05, 0) is 32.6 Å². The molecule has 2 aromatic rings. The third-order valence-corrected chi connectivity index (χ3v) is 5.63. The molecule has 1 amide bonds. The van der Waals surface area contributed by atoms with Gasteiger partial charge in [-0.3, -0.25) is 4.79 Å². The molecule has 0 N–H and O–H groups in total. The molecular weight excluding hydrogens is 308 g/mol. The summed E-state index contributed by atoms with van der Waals surface area (Å²) in [6.07, 6.45) is 9.79. The second-order valence-electron chi connectivity index (χ2n) is 6.50. The number of amides is 1. The van der Waals surface area contributed by atoms with E-state index < -0.39 is 0 Å². The zero-order valence-electron chi connectivity index (χ0n) is 13.2. The van der Waals surface area contributed by atoms with E-state index in [1.54, 1.807) is 23.7 Å². The summed E-state index contributed by atoms with van der Waals surface area (Å²) in [5.74, 6) is 1.81. The third kappa shape index (κ3) is 3.13. The van der Waals surface area contributed by atoms with Crippen LogP contribution in [0.5, 0.6) is 0 Å².